The van der Waals surface area contributed by atoms with Crippen LogP contribution in [0.2, 0.25) is 0 Å². The van der Waals surface area contributed by atoms with Crippen molar-refractivity contribution in [3.8, 4) is 0 Å². The van der Waals surface area contributed by atoms with Crippen LogP contribution in [0.5, 0.6) is 0 Å². The number of hydrogen-bond acceptors (Lipinski definition) is 4. The van der Waals surface area contributed by atoms with Gasteiger partial charge in [-0.25, -0.2) is 13.1 Å². The summed E-state index contributed by atoms with van der Waals surface area (Å²) in [4.78, 5) is 0. The van der Waals surface area contributed by atoms with E-state index < -0.39 is 29.2 Å². The largest absolute Gasteiger partial charge is 0.390 e. The summed E-state index contributed by atoms with van der Waals surface area (Å²) in [5.41, 5.74) is 0.951. The van der Waals surface area contributed by atoms with E-state index in [9.17, 15) is 21.6 Å². The topological polar surface area (TPSA) is 86.9 Å². The van der Waals surface area contributed by atoms with Gasteiger partial charge in [-0.3, -0.25) is 5.10 Å². The molecule has 0 saturated heterocycles. The lowest BCUT2D eigenvalue weighted by Gasteiger charge is -2.08. The maximum absolute atomic E-state index is 12.0. The van der Waals surface area contributed by atoms with Crippen molar-refractivity contribution in [3.05, 3.63) is 11.3 Å². The summed E-state index contributed by atoms with van der Waals surface area (Å²) in [7, 11) is -2.42. The highest BCUT2D eigenvalue weighted by molar-refractivity contribution is 7.89. The lowest BCUT2D eigenvalue weighted by atomic mass is 10.3. The highest BCUT2D eigenvalue weighted by atomic mass is 32.2. The summed E-state index contributed by atoms with van der Waals surface area (Å²) < 4.78 is 61.5. The van der Waals surface area contributed by atoms with E-state index in [2.05, 4.69) is 15.5 Å². The number of hydrogen-bond donors (Lipinski definition) is 3. The van der Waals surface area contributed by atoms with Crippen LogP contribution in [0.3, 0.4) is 0 Å². The molecule has 0 spiro atoms. The van der Waals surface area contributed by atoms with Crippen LogP contribution < -0.4 is 10.0 Å². The quantitative estimate of drug-likeness (QED) is 0.720. The third-order valence-electron chi connectivity index (χ3n) is 2.34. The van der Waals surface area contributed by atoms with Crippen molar-refractivity contribution in [3.63, 3.8) is 0 Å². The van der Waals surface area contributed by atoms with Crippen LogP contribution in [0.1, 0.15) is 17.7 Å². The number of H-pyrrole nitrogens is 1. The molecule has 19 heavy (non-hydrogen) atoms. The van der Waals surface area contributed by atoms with Gasteiger partial charge in [0, 0.05) is 24.3 Å². The maximum Gasteiger partial charge on any atom is 0.390 e. The number of aryl methyl sites for hydroxylation is 1. The number of sulfonamides is 1. The van der Waals surface area contributed by atoms with Crippen LogP contribution in [0.25, 0.3) is 0 Å². The molecule has 0 amide bonds. The predicted molar refractivity (Wildman–Crippen MR) is 61.9 cm³/mol. The van der Waals surface area contributed by atoms with E-state index in [1.54, 1.807) is 14.0 Å². The minimum absolute atomic E-state index is 0.248. The van der Waals surface area contributed by atoms with E-state index in [1.165, 1.54) is 0 Å². The Morgan fingerprint density at radius 2 is 2.00 bits per heavy atom. The van der Waals surface area contributed by atoms with Crippen molar-refractivity contribution < 1.29 is 21.6 Å². The molecule has 0 radical (unpaired) electrons. The number of aromatic amines is 1. The molecular weight excluding hydrogens is 285 g/mol. The molecule has 0 aliphatic heterocycles. The highest BCUT2D eigenvalue weighted by Gasteiger charge is 2.29. The lowest BCUT2D eigenvalue weighted by Crippen LogP contribution is -2.29. The molecule has 0 fully saturated rings. The minimum atomic E-state index is -4.40. The van der Waals surface area contributed by atoms with Crippen molar-refractivity contribution in [2.75, 3.05) is 13.6 Å². The summed E-state index contributed by atoms with van der Waals surface area (Å²) in [5, 5.41) is 8.62. The minimum Gasteiger partial charge on any atom is -0.316 e. The zero-order valence-electron chi connectivity index (χ0n) is 10.4. The third kappa shape index (κ3) is 4.48. The molecule has 0 unspecified atom stereocenters. The second-order valence-corrected chi connectivity index (χ2v) is 5.61. The van der Waals surface area contributed by atoms with E-state index in [0.717, 1.165) is 0 Å². The number of aromatic nitrogens is 2. The molecule has 0 aliphatic carbocycles. The van der Waals surface area contributed by atoms with Crippen molar-refractivity contribution in [2.24, 2.45) is 0 Å². The Balaban J connectivity index is 2.83. The first-order valence-electron chi connectivity index (χ1n) is 5.42. The Hall–Kier alpha value is -1.13. The van der Waals surface area contributed by atoms with Gasteiger partial charge in [0.1, 0.15) is 0 Å². The van der Waals surface area contributed by atoms with Crippen LogP contribution in [0.15, 0.2) is 5.03 Å². The van der Waals surface area contributed by atoms with E-state index in [4.69, 9.17) is 0 Å². The number of halogens is 3. The fourth-order valence-corrected chi connectivity index (χ4v) is 2.66. The van der Waals surface area contributed by atoms with Gasteiger partial charge in [-0.05, 0) is 14.0 Å². The monoisotopic (exact) mass is 300 g/mol. The normalized spacial score (nSPS) is 12.9. The van der Waals surface area contributed by atoms with Gasteiger partial charge in [0.15, 0.2) is 5.03 Å². The SMILES string of the molecule is CNCc1c(S(=O)(=O)NCCC(F)(F)F)n[nH]c1C. The maximum atomic E-state index is 12.0. The predicted octanol–water partition coefficient (Wildman–Crippen LogP) is 0.668. The van der Waals surface area contributed by atoms with Gasteiger partial charge in [-0.2, -0.15) is 18.3 Å². The molecule has 10 heteroatoms. The second kappa shape index (κ2) is 5.88. The van der Waals surface area contributed by atoms with Crippen molar-refractivity contribution >= 4 is 10.0 Å². The van der Waals surface area contributed by atoms with Crippen molar-refractivity contribution in [1.82, 2.24) is 20.2 Å². The molecule has 0 saturated carbocycles. The molecule has 0 bridgehead atoms. The fourth-order valence-electron chi connectivity index (χ4n) is 1.43. The first kappa shape index (κ1) is 15.9. The number of nitrogens with one attached hydrogen (secondary N) is 3. The molecular formula is C9H15F3N4O2S. The number of alkyl halides is 3. The first-order chi connectivity index (χ1) is 8.67. The smallest absolute Gasteiger partial charge is 0.316 e. The highest BCUT2D eigenvalue weighted by Crippen LogP contribution is 2.20. The van der Waals surface area contributed by atoms with Gasteiger partial charge in [-0.15, -0.1) is 0 Å². The molecule has 6 nitrogen and oxygen atoms in total. The van der Waals surface area contributed by atoms with Crippen LogP contribution in [0, 0.1) is 6.92 Å². The average Bonchev–Trinajstić information content (AvgIpc) is 2.59. The average molecular weight is 300 g/mol. The van der Waals surface area contributed by atoms with Gasteiger partial charge in [-0.1, -0.05) is 0 Å². The van der Waals surface area contributed by atoms with Gasteiger partial charge < -0.3 is 5.32 Å². The molecule has 110 valence electrons. The van der Waals surface area contributed by atoms with E-state index >= 15 is 0 Å². The van der Waals surface area contributed by atoms with Gasteiger partial charge in [0.05, 0.1) is 6.42 Å². The standard InChI is InChI=1S/C9H15F3N4O2S/c1-6-7(5-13-2)8(16-15-6)19(17,18)14-4-3-9(10,11)12/h13-14H,3-5H2,1-2H3,(H,15,16). The first-order valence-corrected chi connectivity index (χ1v) is 6.90. The van der Waals surface area contributed by atoms with Crippen LogP contribution in [-0.2, 0) is 16.6 Å². The van der Waals surface area contributed by atoms with E-state index in [0.29, 0.717) is 11.3 Å². The summed E-state index contributed by atoms with van der Waals surface area (Å²) in [6.45, 7) is 1.17. The van der Waals surface area contributed by atoms with Crippen LogP contribution in [0.4, 0.5) is 13.2 Å². The number of nitrogens with zero attached hydrogens (tertiary/aromatic N) is 1. The van der Waals surface area contributed by atoms with Crippen molar-refractivity contribution in [2.45, 2.75) is 31.1 Å². The molecule has 0 atom stereocenters. The van der Waals surface area contributed by atoms with E-state index in [-0.39, 0.29) is 11.6 Å². The molecule has 0 aromatic carbocycles. The second-order valence-electron chi connectivity index (χ2n) is 3.93. The molecule has 0 aliphatic rings. The fraction of sp³-hybridized carbons (Fsp3) is 0.667. The summed E-state index contributed by atoms with van der Waals surface area (Å²) in [6.07, 6.45) is -5.63. The zero-order chi connectivity index (χ0) is 14.7. The third-order valence-corrected chi connectivity index (χ3v) is 3.78. The van der Waals surface area contributed by atoms with Gasteiger partial charge in [0.2, 0.25) is 0 Å². The Kier molecular flexibility index (Phi) is 4.93. The molecule has 1 aromatic heterocycles. The Bertz CT molecular complexity index is 524. The van der Waals surface area contributed by atoms with Crippen LogP contribution in [-0.4, -0.2) is 38.4 Å². The molecule has 1 aromatic rings. The molecule has 3 N–H and O–H groups in total. The van der Waals surface area contributed by atoms with Crippen LogP contribution >= 0.6 is 0 Å². The zero-order valence-corrected chi connectivity index (χ0v) is 11.2. The summed E-state index contributed by atoms with van der Waals surface area (Å²) in [6, 6.07) is 0. The summed E-state index contributed by atoms with van der Waals surface area (Å²) >= 11 is 0. The lowest BCUT2D eigenvalue weighted by molar-refractivity contribution is -0.132. The summed E-state index contributed by atoms with van der Waals surface area (Å²) in [5.74, 6) is 0. The Morgan fingerprint density at radius 1 is 1.37 bits per heavy atom. The van der Waals surface area contributed by atoms with Gasteiger partial charge in [0.25, 0.3) is 10.0 Å². The van der Waals surface area contributed by atoms with E-state index in [1.807, 2.05) is 4.72 Å². The Morgan fingerprint density at radius 3 is 2.53 bits per heavy atom. The number of rotatable bonds is 6. The molecule has 1 rings (SSSR count). The van der Waals surface area contributed by atoms with Gasteiger partial charge >= 0.3 is 6.18 Å². The molecule has 1 heterocycles. The Labute approximate surface area is 108 Å². The van der Waals surface area contributed by atoms with Crippen molar-refractivity contribution in [1.29, 1.82) is 0 Å².